The lowest BCUT2D eigenvalue weighted by atomic mass is 9.81. The van der Waals surface area contributed by atoms with Gasteiger partial charge in [-0.25, -0.2) is 8.51 Å². The van der Waals surface area contributed by atoms with Crippen molar-refractivity contribution in [3.8, 4) is 17.0 Å². The maximum absolute atomic E-state index is 14.7. The van der Waals surface area contributed by atoms with Crippen molar-refractivity contribution in [1.29, 1.82) is 0 Å². The molecule has 2 N–H and O–H groups in total. The van der Waals surface area contributed by atoms with Crippen LogP contribution in [0.2, 0.25) is 0 Å². The summed E-state index contributed by atoms with van der Waals surface area (Å²) in [5, 5.41) is 4.72. The maximum Gasteiger partial charge on any atom is 0.264 e. The molecule has 3 unspecified atom stereocenters. The summed E-state index contributed by atoms with van der Waals surface area (Å²) >= 11 is -1.64. The van der Waals surface area contributed by atoms with Gasteiger partial charge in [-0.2, -0.15) is 0 Å². The summed E-state index contributed by atoms with van der Waals surface area (Å²) in [5.41, 5.74) is 5.61. The Kier molecular flexibility index (Phi) is 7.81. The highest BCUT2D eigenvalue weighted by Crippen LogP contribution is 2.67. The van der Waals surface area contributed by atoms with Crippen LogP contribution in [-0.4, -0.2) is 76.2 Å². The van der Waals surface area contributed by atoms with E-state index in [9.17, 15) is 13.8 Å². The zero-order valence-electron chi connectivity index (χ0n) is 27.0. The molecule has 0 radical (unpaired) electrons. The van der Waals surface area contributed by atoms with Crippen LogP contribution in [0.15, 0.2) is 36.4 Å². The first-order valence-electron chi connectivity index (χ1n) is 16.4. The van der Waals surface area contributed by atoms with Crippen LogP contribution < -0.4 is 14.8 Å². The van der Waals surface area contributed by atoms with Gasteiger partial charge in [0.2, 0.25) is 5.91 Å². The predicted octanol–water partition coefficient (Wildman–Crippen LogP) is 4.93. The Morgan fingerprint density at radius 2 is 1.78 bits per heavy atom. The number of piperazine rings is 1. The Labute approximate surface area is 268 Å². The number of hydrogen-bond acceptors (Lipinski definition) is 5. The Hall–Kier alpha value is -3.21. The molecule has 2 aliphatic carbocycles. The number of methoxy groups -OCH3 is 1. The van der Waals surface area contributed by atoms with Gasteiger partial charge in [0.1, 0.15) is 5.75 Å². The van der Waals surface area contributed by atoms with Crippen molar-refractivity contribution in [3.05, 3.63) is 53.1 Å². The van der Waals surface area contributed by atoms with E-state index in [0.29, 0.717) is 31.1 Å². The zero-order valence-corrected chi connectivity index (χ0v) is 27.8. The Morgan fingerprint density at radius 3 is 2.47 bits per heavy atom. The van der Waals surface area contributed by atoms with Crippen molar-refractivity contribution in [2.24, 2.45) is 5.41 Å². The highest BCUT2D eigenvalue weighted by atomic mass is 32.2. The SMILES string of the molecule is COc1cccc2c1C1CC1(C(=O)N1C[C@@H](C)N[C@@H](C)C1)Cn1c-2c(C2CCCCC2)c2ccc(C(=O)NS(=O)N(C)C)cc21. The number of carbonyl (C=O) groups excluding carboxylic acids is 2. The van der Waals surface area contributed by atoms with Crippen LogP contribution in [0, 0.1) is 5.41 Å². The fourth-order valence-electron chi connectivity index (χ4n) is 8.55. The van der Waals surface area contributed by atoms with Gasteiger partial charge in [0.25, 0.3) is 5.91 Å². The number of nitrogens with one attached hydrogen (secondary N) is 2. The molecule has 2 saturated carbocycles. The average Bonchev–Trinajstić information content (AvgIpc) is 3.69. The highest BCUT2D eigenvalue weighted by molar-refractivity contribution is 7.81. The molecule has 2 aliphatic heterocycles. The first kappa shape index (κ1) is 30.4. The maximum atomic E-state index is 14.7. The number of rotatable bonds is 6. The third kappa shape index (κ3) is 5.09. The molecule has 0 bridgehead atoms. The van der Waals surface area contributed by atoms with E-state index in [4.69, 9.17) is 4.74 Å². The van der Waals surface area contributed by atoms with Gasteiger partial charge in [-0.1, -0.05) is 37.5 Å². The van der Waals surface area contributed by atoms with E-state index in [1.54, 1.807) is 21.2 Å². The molecule has 1 saturated heterocycles. The number of ether oxygens (including phenoxy) is 1. The van der Waals surface area contributed by atoms with Crippen molar-refractivity contribution in [2.75, 3.05) is 34.3 Å². The number of amides is 2. The molecule has 2 aromatic carbocycles. The second-order valence-corrected chi connectivity index (χ2v) is 15.4. The molecule has 1 aromatic heterocycles. The van der Waals surface area contributed by atoms with Crippen molar-refractivity contribution in [2.45, 2.75) is 82.8 Å². The van der Waals surface area contributed by atoms with Gasteiger partial charge in [0.05, 0.1) is 18.2 Å². The van der Waals surface area contributed by atoms with Gasteiger partial charge in [0.15, 0.2) is 11.2 Å². The van der Waals surface area contributed by atoms with Crippen LogP contribution in [0.4, 0.5) is 0 Å². The van der Waals surface area contributed by atoms with Gasteiger partial charge >= 0.3 is 0 Å². The molecular weight excluding hydrogens is 586 g/mol. The van der Waals surface area contributed by atoms with E-state index in [0.717, 1.165) is 47.0 Å². The summed E-state index contributed by atoms with van der Waals surface area (Å²) in [6.07, 6.45) is 6.67. The Bertz CT molecular complexity index is 1680. The number of aromatic nitrogens is 1. The van der Waals surface area contributed by atoms with E-state index < -0.39 is 16.6 Å². The largest absolute Gasteiger partial charge is 0.496 e. The fourth-order valence-corrected chi connectivity index (χ4v) is 9.01. The molecule has 4 aliphatic rings. The smallest absolute Gasteiger partial charge is 0.264 e. The molecule has 240 valence electrons. The number of hydrogen-bond donors (Lipinski definition) is 2. The summed E-state index contributed by atoms with van der Waals surface area (Å²) in [5.74, 6) is 1.13. The lowest BCUT2D eigenvalue weighted by Crippen LogP contribution is -2.57. The lowest BCUT2D eigenvalue weighted by Gasteiger charge is -2.38. The molecule has 7 rings (SSSR count). The molecule has 5 atom stereocenters. The average molecular weight is 632 g/mol. The van der Waals surface area contributed by atoms with E-state index in [-0.39, 0.29) is 29.8 Å². The number of benzene rings is 2. The Balaban J connectivity index is 1.44. The second-order valence-electron chi connectivity index (χ2n) is 13.9. The molecule has 3 heterocycles. The van der Waals surface area contributed by atoms with E-state index in [2.05, 4.69) is 51.6 Å². The first-order valence-corrected chi connectivity index (χ1v) is 17.5. The first-order chi connectivity index (χ1) is 21.6. The van der Waals surface area contributed by atoms with Crippen LogP contribution in [0.25, 0.3) is 22.2 Å². The summed E-state index contributed by atoms with van der Waals surface area (Å²) in [4.78, 5) is 30.1. The summed E-state index contributed by atoms with van der Waals surface area (Å²) in [6.45, 7) is 6.22. The predicted molar refractivity (Wildman–Crippen MR) is 177 cm³/mol. The van der Waals surface area contributed by atoms with Crippen molar-refractivity contribution >= 4 is 33.9 Å². The van der Waals surface area contributed by atoms with E-state index in [1.165, 1.54) is 34.8 Å². The van der Waals surface area contributed by atoms with Crippen molar-refractivity contribution < 1.29 is 18.5 Å². The summed E-state index contributed by atoms with van der Waals surface area (Å²) < 4.78 is 24.9. The molecule has 10 heteroatoms. The molecular formula is C35H45N5O4S. The third-order valence-electron chi connectivity index (χ3n) is 10.6. The van der Waals surface area contributed by atoms with Gasteiger partial charge in [-0.15, -0.1) is 0 Å². The standard InChI is InChI=1S/C35H45N5O4S/c1-21-18-39(19-22(2)36-21)34(42)35-17-27(35)31-26(12-9-13-29(31)44-5)32-30(23-10-7-6-8-11-23)25-15-14-24(16-28(25)40(32)20-35)33(41)37-45(43)38(3)4/h9,12-16,21-23,27,36H,6-8,10-11,17-20H2,1-5H3,(H,37,41)/t21-,22+,27?,35?,45?. The molecule has 2 amide bonds. The quantitative estimate of drug-likeness (QED) is 0.402. The monoisotopic (exact) mass is 631 g/mol. The van der Waals surface area contributed by atoms with E-state index in [1.807, 2.05) is 18.2 Å². The highest BCUT2D eigenvalue weighted by Gasteiger charge is 2.64. The summed E-state index contributed by atoms with van der Waals surface area (Å²) in [6, 6.07) is 12.6. The van der Waals surface area contributed by atoms with Crippen LogP contribution in [-0.2, 0) is 22.5 Å². The van der Waals surface area contributed by atoms with Gasteiger partial charge in [-0.3, -0.25) is 14.3 Å². The van der Waals surface area contributed by atoms with Gasteiger partial charge in [0, 0.05) is 79.3 Å². The fraction of sp³-hybridized carbons (Fsp3) is 0.543. The van der Waals surface area contributed by atoms with E-state index >= 15 is 0 Å². The number of carbonyl (C=O) groups is 2. The molecule has 0 spiro atoms. The van der Waals surface area contributed by atoms with Crippen LogP contribution >= 0.6 is 0 Å². The number of fused-ring (bicyclic) bond motifs is 7. The number of nitrogens with zero attached hydrogens (tertiary/aromatic N) is 3. The Morgan fingerprint density at radius 1 is 1.04 bits per heavy atom. The normalized spacial score (nSPS) is 26.9. The topological polar surface area (TPSA) is 95.9 Å². The lowest BCUT2D eigenvalue weighted by molar-refractivity contribution is -0.139. The van der Waals surface area contributed by atoms with Gasteiger partial charge in [-0.05, 0) is 62.8 Å². The zero-order chi connectivity index (χ0) is 31.6. The minimum absolute atomic E-state index is 0.0554. The van der Waals surface area contributed by atoms with Crippen molar-refractivity contribution in [3.63, 3.8) is 0 Å². The second kappa shape index (κ2) is 11.5. The van der Waals surface area contributed by atoms with Crippen LogP contribution in [0.3, 0.4) is 0 Å². The van der Waals surface area contributed by atoms with Crippen LogP contribution in [0.1, 0.15) is 85.7 Å². The third-order valence-corrected chi connectivity index (χ3v) is 11.6. The van der Waals surface area contributed by atoms with Crippen LogP contribution in [0.5, 0.6) is 5.75 Å². The molecule has 3 fully saturated rings. The van der Waals surface area contributed by atoms with Gasteiger partial charge < -0.3 is 19.5 Å². The minimum Gasteiger partial charge on any atom is -0.496 e. The molecule has 3 aromatic rings. The summed E-state index contributed by atoms with van der Waals surface area (Å²) in [7, 11) is 5.06. The molecule has 9 nitrogen and oxygen atoms in total. The van der Waals surface area contributed by atoms with Crippen molar-refractivity contribution in [1.82, 2.24) is 23.8 Å². The minimum atomic E-state index is -1.64. The molecule has 45 heavy (non-hydrogen) atoms.